The van der Waals surface area contributed by atoms with Crippen molar-refractivity contribution in [3.8, 4) is 0 Å². The third-order valence-corrected chi connectivity index (χ3v) is 23.1. The van der Waals surface area contributed by atoms with E-state index in [4.69, 9.17) is 139 Å². The molecule has 5 aromatic heterocycles. The van der Waals surface area contributed by atoms with Crippen LogP contribution in [0.4, 0.5) is 5.95 Å². The predicted molar refractivity (Wildman–Crippen MR) is 353 cm³/mol. The normalized spacial score (nSPS) is 29.0. The summed E-state index contributed by atoms with van der Waals surface area (Å²) < 4.78 is 113. The molecule has 0 aliphatic carbocycles. The number of ether oxygens (including phenoxy) is 6. The number of imidazole rings is 1. The maximum Gasteiger partial charge on any atom is 0.330 e. The Bertz CT molecular complexity index is 4420. The van der Waals surface area contributed by atoms with Crippen molar-refractivity contribution in [1.82, 2.24) is 48.2 Å². The van der Waals surface area contributed by atoms with Gasteiger partial charge in [-0.05, 0) is 76.5 Å². The van der Waals surface area contributed by atoms with Gasteiger partial charge in [-0.2, -0.15) is 4.98 Å². The number of aromatic nitrogens is 10. The predicted octanol–water partition coefficient (Wildman–Crippen LogP) is -1.00. The van der Waals surface area contributed by atoms with Crippen molar-refractivity contribution in [2.24, 2.45) is 0 Å². The minimum atomic E-state index is -4.77. The van der Waals surface area contributed by atoms with Crippen molar-refractivity contribution in [2.75, 3.05) is 59.6 Å². The van der Waals surface area contributed by atoms with Gasteiger partial charge in [0, 0.05) is 68.9 Å². The van der Waals surface area contributed by atoms with Gasteiger partial charge in [-0.15, -0.1) is 0 Å². The highest BCUT2D eigenvalue weighted by molar-refractivity contribution is 8.32. The standard InChI is InChI=1S/C48H70N11O29P5S5/c1-21(2)84-90(69,95)76-16-28-26(12-32(81-28)59-20-50-33-38(59)51-45(49)52-42(33)64)86-91(70,96)77-17-27-25(11-31(80-27)56-13-22(3)39(61)53-46(56)65)85-92(71,97)78-18-29-35(37(74-7)44(82-29)58-15-24(5)41(63)55-48(58)67)88-93(72,98)79-19-30-34(87-89(68,94)75-10-8-9-60)36(73-6)43(83-30)57-14-23(4)40(62)54-47(57)66/h13-15,20-21,25-32,34-37,43-44,60H,8-12,16-19H2,1-7H3,(H,68,94)(H,69,95)(H,70,96)(H,71,97)(H,72,98)(H,53,61,65)(H,54,62,66)(H,55,63,67)(H3,49,51,52,64)/p-2/t25-,26-,27-,28-,29-,30-,31-,32-,34+,35+,36?,37?,43-,44-,89?,90?,91?,92?,93?/m1/s1. The Labute approximate surface area is 578 Å². The van der Waals surface area contributed by atoms with Gasteiger partial charge >= 0.3 is 37.2 Å². The van der Waals surface area contributed by atoms with Crippen molar-refractivity contribution < 1.29 is 103 Å². The van der Waals surface area contributed by atoms with Crippen molar-refractivity contribution in [3.63, 3.8) is 0 Å². The summed E-state index contributed by atoms with van der Waals surface area (Å²) in [6, 6.07) is 0. The molecule has 0 amide bonds. The van der Waals surface area contributed by atoms with E-state index in [0.29, 0.717) is 0 Å². The van der Waals surface area contributed by atoms with Crippen LogP contribution in [-0.2, 0) is 138 Å². The maximum atomic E-state index is 14.4. The molecule has 4 aliphatic heterocycles. The highest BCUT2D eigenvalue weighted by Crippen LogP contribution is 2.56. The van der Waals surface area contributed by atoms with Gasteiger partial charge in [-0.25, -0.2) is 19.4 Å². The SMILES string of the molecule is COC1[C@@H](OP([O-])(=S)OCCCO)[C@@H](COP(O)(=S)O[C@@H]2C(OC)[C@H](n3cc(C)c(=O)[nH]c3=O)O[C@@H]2COP(O)(=S)O[C@@H]2C[C@H](n3cc(C)c(=O)[nH]c3=O)O[C@@H]2COP(=O)([S-])O[C@@H]2C[C@H](n3cnc4c(=O)[nH]c(N)nc43)O[C@@H]2COP(O)(=S)OC(C)C)O[C@H]1n1cc(C)c(=O)[nH]c1=O. The summed E-state index contributed by atoms with van der Waals surface area (Å²) in [5.74, 6) is -0.251. The van der Waals surface area contributed by atoms with Gasteiger partial charge in [0.1, 0.15) is 68.0 Å². The molecule has 0 spiro atoms. The van der Waals surface area contributed by atoms with Crippen LogP contribution in [0.25, 0.3) is 11.2 Å². The van der Waals surface area contributed by atoms with E-state index >= 15 is 0 Å². The summed E-state index contributed by atoms with van der Waals surface area (Å²) in [4.78, 5) is 155. The minimum Gasteiger partial charge on any atom is -0.780 e. The van der Waals surface area contributed by atoms with E-state index in [-0.39, 0.29) is 66.3 Å². The van der Waals surface area contributed by atoms with Gasteiger partial charge in [0.15, 0.2) is 30.4 Å². The molecule has 4 aliphatic rings. The lowest BCUT2D eigenvalue weighted by molar-refractivity contribution is -0.215. The van der Waals surface area contributed by atoms with Crippen LogP contribution in [0, 0.1) is 20.8 Å². The van der Waals surface area contributed by atoms with Crippen LogP contribution in [0.1, 0.15) is 74.7 Å². The van der Waals surface area contributed by atoms with Crippen LogP contribution in [0.3, 0.4) is 0 Å². The summed E-state index contributed by atoms with van der Waals surface area (Å²) in [7, 11) is 2.34. The zero-order valence-corrected chi connectivity index (χ0v) is 60.9. The summed E-state index contributed by atoms with van der Waals surface area (Å²) in [5, 5.41) is 9.31. The Balaban J connectivity index is 0.953. The molecule has 0 saturated carbocycles. The number of fused-ring (bicyclic) bond motifs is 1. The van der Waals surface area contributed by atoms with E-state index < -0.39 is 191 Å². The molecule has 98 heavy (non-hydrogen) atoms. The Morgan fingerprint density at radius 3 is 1.58 bits per heavy atom. The fraction of sp³-hybridized carbons (Fsp3) is 0.646. The number of aromatic amines is 4. The number of nitrogens with zero attached hydrogens (tertiary/aromatic N) is 6. The van der Waals surface area contributed by atoms with Crippen LogP contribution < -0.4 is 49.9 Å². The molecule has 10 N–H and O–H groups in total. The van der Waals surface area contributed by atoms with Crippen molar-refractivity contribution in [1.29, 1.82) is 0 Å². The maximum absolute atomic E-state index is 14.4. The fourth-order valence-corrected chi connectivity index (χ4v) is 18.1. The number of hydrogen-bond acceptors (Lipinski definition) is 34. The zero-order valence-electron chi connectivity index (χ0n) is 52.4. The molecule has 50 heteroatoms. The number of nitrogen functional groups attached to an aromatic ring is 1. The monoisotopic (exact) mass is 1580 g/mol. The first-order valence-corrected chi connectivity index (χ1v) is 42.0. The first kappa shape index (κ1) is 78.7. The number of aliphatic hydroxyl groups excluding tert-OH is 1. The quantitative estimate of drug-likeness (QED) is 0.0142. The number of methoxy groups -OCH3 is 2. The first-order chi connectivity index (χ1) is 45.9. The molecule has 7 unspecified atom stereocenters. The molecule has 9 rings (SSSR count). The summed E-state index contributed by atoms with van der Waals surface area (Å²) in [6.07, 6.45) is -16.7. The van der Waals surface area contributed by atoms with Crippen molar-refractivity contribution >= 4 is 110 Å². The highest BCUT2D eigenvalue weighted by atomic mass is 32.7. The Hall–Kier alpha value is -3.47. The molecular formula is C48H68N11O29P5S5-2. The Morgan fingerprint density at radius 1 is 0.622 bits per heavy atom. The van der Waals surface area contributed by atoms with Crippen LogP contribution in [0.5, 0.6) is 0 Å². The van der Waals surface area contributed by atoms with E-state index in [2.05, 4.69) is 29.9 Å². The lowest BCUT2D eigenvalue weighted by Gasteiger charge is -2.34. The van der Waals surface area contributed by atoms with Crippen molar-refractivity contribution in [2.45, 2.75) is 146 Å². The second kappa shape index (κ2) is 32.3. The summed E-state index contributed by atoms with van der Waals surface area (Å²) >= 11 is 26.8. The number of hydrogen-bond donors (Lipinski definition) is 9. The molecule has 5 aromatic rings. The molecule has 0 aromatic carbocycles. The second-order valence-corrected chi connectivity index (χ2v) is 36.2. The van der Waals surface area contributed by atoms with Gasteiger partial charge in [0.2, 0.25) is 5.95 Å². The summed E-state index contributed by atoms with van der Waals surface area (Å²) in [5.41, 5.74) is 0.0712. The molecule has 0 radical (unpaired) electrons. The minimum absolute atomic E-state index is 0.00513. The molecule has 546 valence electrons. The molecule has 40 nitrogen and oxygen atoms in total. The van der Waals surface area contributed by atoms with E-state index in [0.717, 1.165) is 33.2 Å². The van der Waals surface area contributed by atoms with Gasteiger partial charge in [-0.3, -0.25) is 66.5 Å². The smallest absolute Gasteiger partial charge is 0.330 e. The van der Waals surface area contributed by atoms with E-state index in [1.54, 1.807) is 13.8 Å². The third kappa shape index (κ3) is 19.3. The van der Waals surface area contributed by atoms with Gasteiger partial charge in [0.25, 0.3) is 22.2 Å². The Morgan fingerprint density at radius 2 is 1.07 bits per heavy atom. The number of aliphatic hydroxyl groups is 1. The molecular weight excluding hydrogens is 1510 g/mol. The van der Waals surface area contributed by atoms with Crippen LogP contribution >= 0.6 is 33.7 Å². The number of H-pyrrole nitrogens is 4. The number of aryl methyl sites for hydroxylation is 3. The number of anilines is 1. The Kier molecular flexibility index (Phi) is 25.9. The van der Waals surface area contributed by atoms with Gasteiger partial charge in [-0.1, -0.05) is 11.8 Å². The van der Waals surface area contributed by atoms with Crippen LogP contribution in [0.2, 0.25) is 0 Å². The number of nitrogens with one attached hydrogen (secondary N) is 4. The number of nitrogens with two attached hydrogens (primary N) is 1. The van der Waals surface area contributed by atoms with Crippen LogP contribution in [-0.4, -0.2) is 189 Å². The van der Waals surface area contributed by atoms with Gasteiger partial charge in [0.05, 0.1) is 57.7 Å². The average Bonchev–Trinajstić information content (AvgIpc) is 1.64. The van der Waals surface area contributed by atoms with E-state index in [1.807, 2.05) is 0 Å². The topological polar surface area (TPSA) is 523 Å². The zero-order chi connectivity index (χ0) is 71.7. The van der Waals surface area contributed by atoms with Crippen molar-refractivity contribution in [3.05, 3.63) is 114 Å². The largest absolute Gasteiger partial charge is 0.780 e. The van der Waals surface area contributed by atoms with E-state index in [9.17, 15) is 62.8 Å². The lowest BCUT2D eigenvalue weighted by atomic mass is 10.1. The first-order valence-electron chi connectivity index (χ1n) is 29.1. The third-order valence-electron chi connectivity index (χ3n) is 15.1. The van der Waals surface area contributed by atoms with Crippen LogP contribution in [0.15, 0.2) is 58.5 Å². The molecule has 4 saturated heterocycles. The average molecular weight is 1580 g/mol. The summed E-state index contributed by atoms with van der Waals surface area (Å²) in [6.45, 7) is -19.0. The lowest BCUT2D eigenvalue weighted by Crippen LogP contribution is -2.41. The second-order valence-electron chi connectivity index (χ2n) is 22.4. The highest BCUT2D eigenvalue weighted by Gasteiger charge is 2.53. The number of rotatable bonds is 32. The fourth-order valence-electron chi connectivity index (χ4n) is 10.6. The molecule has 19 atom stereocenters. The van der Waals surface area contributed by atoms with Gasteiger partial charge < -0.3 is 112 Å². The molecule has 4 fully saturated rings. The molecule has 0 bridgehead atoms. The molecule has 9 heterocycles. The van der Waals surface area contributed by atoms with E-state index in [1.165, 1.54) is 45.0 Å².